The lowest BCUT2D eigenvalue weighted by molar-refractivity contribution is 0.295. The number of hydrogen-bond acceptors (Lipinski definition) is 5. The highest BCUT2D eigenvalue weighted by Crippen LogP contribution is 2.34. The van der Waals surface area contributed by atoms with E-state index in [9.17, 15) is 0 Å². The Kier molecular flexibility index (Phi) is 11.7. The van der Waals surface area contributed by atoms with Crippen LogP contribution in [0.2, 0.25) is 5.02 Å². The molecule has 1 atom stereocenters. The van der Waals surface area contributed by atoms with Crippen molar-refractivity contribution in [2.24, 2.45) is 16.5 Å². The number of ether oxygens (including phenoxy) is 1. The Labute approximate surface area is 225 Å². The number of guanidine groups is 2. The third-order valence-corrected chi connectivity index (χ3v) is 6.23. The second-order valence-corrected chi connectivity index (χ2v) is 9.44. The molecule has 0 aliphatic rings. The number of rotatable bonds is 9. The maximum absolute atomic E-state index is 7.05. The van der Waals surface area contributed by atoms with Gasteiger partial charge in [-0.3, -0.25) is 5.41 Å². The van der Waals surface area contributed by atoms with Crippen molar-refractivity contribution in [3.05, 3.63) is 41.4 Å². The lowest BCUT2D eigenvalue weighted by Gasteiger charge is -2.22. The van der Waals surface area contributed by atoms with Gasteiger partial charge in [0.25, 0.3) is 0 Å². The summed E-state index contributed by atoms with van der Waals surface area (Å²) in [7, 11) is 5.07. The lowest BCUT2D eigenvalue weighted by atomic mass is 10.1. The molecule has 9 nitrogen and oxygen atoms in total. The number of nitrogens with zero attached hydrogens (tertiary/aromatic N) is 4. The molecular weight excluding hydrogens is 488 g/mol. The number of aliphatic imine (C=N–C) groups is 1. The minimum atomic E-state index is -0.0892. The van der Waals surface area contributed by atoms with Crippen LogP contribution in [0.4, 0.5) is 5.69 Å². The molecule has 0 saturated carbocycles. The van der Waals surface area contributed by atoms with Crippen LogP contribution in [0.25, 0.3) is 21.8 Å². The van der Waals surface area contributed by atoms with Crippen LogP contribution in [0.1, 0.15) is 33.6 Å². The zero-order valence-corrected chi connectivity index (χ0v) is 23.6. The highest BCUT2D eigenvalue weighted by molar-refractivity contribution is 6.31. The number of benzene rings is 2. The van der Waals surface area contributed by atoms with Crippen LogP contribution in [0.3, 0.4) is 0 Å². The van der Waals surface area contributed by atoms with E-state index in [2.05, 4.69) is 48.1 Å². The summed E-state index contributed by atoms with van der Waals surface area (Å²) in [5.41, 5.74) is 12.9. The molecule has 6 N–H and O–H groups in total. The van der Waals surface area contributed by atoms with E-state index in [-0.39, 0.29) is 11.9 Å². The number of halogens is 1. The SMILES string of the molecule is CCN(CC)CCCC(C)Nc1c2ccc(Cl)cc2nc2ccc(OC)cc12.CN(C)C(=N)N=C(N)N. The average Bonchev–Trinajstić information content (AvgIpc) is 2.86. The number of anilines is 1. The molecule has 0 fully saturated rings. The lowest BCUT2D eigenvalue weighted by Crippen LogP contribution is -2.28. The summed E-state index contributed by atoms with van der Waals surface area (Å²) in [5, 5.41) is 13.7. The van der Waals surface area contributed by atoms with Gasteiger partial charge >= 0.3 is 0 Å². The Morgan fingerprint density at radius 3 is 2.38 bits per heavy atom. The van der Waals surface area contributed by atoms with E-state index in [1.165, 1.54) is 11.3 Å². The standard InChI is InChI=1S/C23H30ClN3O.C4H11N5/c1-5-27(6-2)13-7-8-16(3)25-23-19-11-9-17(24)14-22(19)26-21-12-10-18(28-4)15-20(21)23;1-9(2)4(7)8-3(5)6/h9-12,14-16H,5-8,13H2,1-4H3,(H,25,26);1-2H3,(H5,5,6,7,8). The maximum Gasteiger partial charge on any atom is 0.220 e. The molecule has 1 aromatic heterocycles. The Bertz CT molecular complexity index is 1210. The van der Waals surface area contributed by atoms with Gasteiger partial charge in [-0.15, -0.1) is 0 Å². The van der Waals surface area contributed by atoms with Gasteiger partial charge in [0.05, 0.1) is 23.8 Å². The summed E-state index contributed by atoms with van der Waals surface area (Å²) in [4.78, 5) is 12.2. The van der Waals surface area contributed by atoms with Gasteiger partial charge in [0.2, 0.25) is 5.96 Å². The topological polar surface area (TPSA) is 129 Å². The molecule has 0 saturated heterocycles. The van der Waals surface area contributed by atoms with E-state index in [1.54, 1.807) is 21.2 Å². The van der Waals surface area contributed by atoms with Gasteiger partial charge in [0, 0.05) is 35.9 Å². The molecular formula is C27H41ClN8O. The van der Waals surface area contributed by atoms with Crippen molar-refractivity contribution in [1.29, 1.82) is 5.41 Å². The molecule has 0 radical (unpaired) electrons. The Balaban J connectivity index is 0.000000458. The van der Waals surface area contributed by atoms with Gasteiger partial charge in [-0.05, 0) is 75.8 Å². The average molecular weight is 529 g/mol. The molecule has 2 aromatic carbocycles. The highest BCUT2D eigenvalue weighted by atomic mass is 35.5. The minimum Gasteiger partial charge on any atom is -0.497 e. The largest absolute Gasteiger partial charge is 0.497 e. The van der Waals surface area contributed by atoms with Crippen molar-refractivity contribution in [1.82, 2.24) is 14.8 Å². The van der Waals surface area contributed by atoms with Crippen LogP contribution in [0, 0.1) is 5.41 Å². The second-order valence-electron chi connectivity index (χ2n) is 9.00. The molecule has 0 bridgehead atoms. The fourth-order valence-corrected chi connectivity index (χ4v) is 4.05. The first-order valence-electron chi connectivity index (χ1n) is 12.5. The molecule has 37 heavy (non-hydrogen) atoms. The Hall–Kier alpha value is -3.30. The Morgan fingerprint density at radius 1 is 1.11 bits per heavy atom. The van der Waals surface area contributed by atoms with Gasteiger partial charge in [0.15, 0.2) is 5.96 Å². The van der Waals surface area contributed by atoms with Crippen LogP contribution in [0.15, 0.2) is 41.4 Å². The highest BCUT2D eigenvalue weighted by Gasteiger charge is 2.13. The number of methoxy groups -OCH3 is 1. The third-order valence-electron chi connectivity index (χ3n) is 6.00. The van der Waals surface area contributed by atoms with Crippen LogP contribution < -0.4 is 21.5 Å². The van der Waals surface area contributed by atoms with Gasteiger partial charge in [-0.1, -0.05) is 25.4 Å². The number of hydrogen-bond donors (Lipinski definition) is 4. The zero-order valence-electron chi connectivity index (χ0n) is 22.8. The summed E-state index contributed by atoms with van der Waals surface area (Å²) in [5.74, 6) is 0.795. The molecule has 0 aliphatic carbocycles. The third kappa shape index (κ3) is 8.94. The van der Waals surface area contributed by atoms with E-state index >= 15 is 0 Å². The van der Waals surface area contributed by atoms with Crippen LogP contribution >= 0.6 is 11.6 Å². The first kappa shape index (κ1) is 29.9. The van der Waals surface area contributed by atoms with E-state index in [1.807, 2.05) is 24.3 Å². The van der Waals surface area contributed by atoms with Crippen molar-refractivity contribution >= 4 is 51.0 Å². The van der Waals surface area contributed by atoms with Crippen molar-refractivity contribution in [2.75, 3.05) is 46.2 Å². The van der Waals surface area contributed by atoms with E-state index in [0.29, 0.717) is 11.1 Å². The van der Waals surface area contributed by atoms with Crippen LogP contribution in [-0.4, -0.2) is 73.6 Å². The fourth-order valence-electron chi connectivity index (χ4n) is 3.88. The van der Waals surface area contributed by atoms with Crippen LogP contribution in [-0.2, 0) is 0 Å². The van der Waals surface area contributed by atoms with Crippen molar-refractivity contribution in [3.8, 4) is 5.75 Å². The summed E-state index contributed by atoms with van der Waals surface area (Å²) in [6.45, 7) is 10.0. The zero-order chi connectivity index (χ0) is 27.5. The van der Waals surface area contributed by atoms with E-state index < -0.39 is 0 Å². The number of nitrogens with two attached hydrogens (primary N) is 2. The van der Waals surface area contributed by atoms with Crippen molar-refractivity contribution in [2.45, 2.75) is 39.7 Å². The van der Waals surface area contributed by atoms with Crippen molar-refractivity contribution < 1.29 is 4.74 Å². The smallest absolute Gasteiger partial charge is 0.220 e. The van der Waals surface area contributed by atoms with Gasteiger partial charge < -0.3 is 31.3 Å². The van der Waals surface area contributed by atoms with Crippen LogP contribution in [0.5, 0.6) is 5.75 Å². The normalized spacial score (nSPS) is 11.6. The predicted molar refractivity (Wildman–Crippen MR) is 158 cm³/mol. The minimum absolute atomic E-state index is 0.0509. The van der Waals surface area contributed by atoms with Gasteiger partial charge in [0.1, 0.15) is 5.75 Å². The second kappa shape index (κ2) is 14.4. The first-order valence-corrected chi connectivity index (χ1v) is 12.9. The molecule has 10 heteroatoms. The summed E-state index contributed by atoms with van der Waals surface area (Å²) < 4.78 is 5.45. The number of aromatic nitrogens is 1. The molecule has 202 valence electrons. The molecule has 1 unspecified atom stereocenters. The Morgan fingerprint density at radius 2 is 1.81 bits per heavy atom. The summed E-state index contributed by atoms with van der Waals surface area (Å²) in [6, 6.07) is 12.3. The molecule has 0 amide bonds. The first-order chi connectivity index (χ1) is 17.6. The number of nitrogens with one attached hydrogen (secondary N) is 2. The maximum atomic E-state index is 7.05. The van der Waals surface area contributed by atoms with E-state index in [4.69, 9.17) is 38.2 Å². The van der Waals surface area contributed by atoms with Gasteiger partial charge in [-0.25, -0.2) is 4.98 Å². The number of pyridine rings is 1. The summed E-state index contributed by atoms with van der Waals surface area (Å²) >= 11 is 6.22. The molecule has 3 rings (SSSR count). The van der Waals surface area contributed by atoms with Crippen molar-refractivity contribution in [3.63, 3.8) is 0 Å². The monoisotopic (exact) mass is 528 g/mol. The molecule has 3 aromatic rings. The molecule has 0 spiro atoms. The van der Waals surface area contributed by atoms with E-state index in [0.717, 1.165) is 59.3 Å². The molecule has 1 heterocycles. The predicted octanol–water partition coefficient (Wildman–Crippen LogP) is 4.73. The molecule has 0 aliphatic heterocycles. The quantitative estimate of drug-likeness (QED) is 0.179. The van der Waals surface area contributed by atoms with Gasteiger partial charge in [-0.2, -0.15) is 4.99 Å². The summed E-state index contributed by atoms with van der Waals surface area (Å²) in [6.07, 6.45) is 2.28. The fraction of sp³-hybridized carbons (Fsp3) is 0.444. The number of fused-ring (bicyclic) bond motifs is 2.